The fourth-order valence-electron chi connectivity index (χ4n) is 0. The molecular formula is Ge7. The molecule has 0 heterocycles. The van der Waals surface area contributed by atoms with E-state index in [1.165, 1.54) is 0 Å². The van der Waals surface area contributed by atoms with Crippen LogP contribution in [0.5, 0.6) is 0 Å². The molecule has 0 aliphatic carbocycles. The van der Waals surface area contributed by atoms with Gasteiger partial charge in [0.1, 0.15) is 0 Å². The zero-order valence-electron chi connectivity index (χ0n) is 3.50. The Balaban J connectivity index is 0. The van der Waals surface area contributed by atoms with Crippen LogP contribution >= 0.6 is 0 Å². The number of rotatable bonds is 0. The van der Waals surface area contributed by atoms with Crippen LogP contribution in [0, 0.1) is 0 Å². The molecule has 0 bridgehead atoms. The first kappa shape index (κ1) is 71.8. The van der Waals surface area contributed by atoms with Gasteiger partial charge in [-0.2, -0.15) is 0 Å². The van der Waals surface area contributed by atoms with Crippen molar-refractivity contribution in [2.45, 2.75) is 0 Å². The molecule has 0 spiro atoms. The summed E-state index contributed by atoms with van der Waals surface area (Å²) in [5.74, 6) is 0. The summed E-state index contributed by atoms with van der Waals surface area (Å²) in [5, 5.41) is 0. The summed E-state index contributed by atoms with van der Waals surface area (Å²) in [6.07, 6.45) is 0. The second-order valence-corrected chi connectivity index (χ2v) is 0. The first-order valence-corrected chi connectivity index (χ1v) is 0. The molecule has 0 nitrogen and oxygen atoms in total. The van der Waals surface area contributed by atoms with E-state index in [1.54, 1.807) is 0 Å². The minimum atomic E-state index is 0. The van der Waals surface area contributed by atoms with Gasteiger partial charge in [0.15, 0.2) is 0 Å². The van der Waals surface area contributed by atoms with Gasteiger partial charge in [0.2, 0.25) is 0 Å². The molecule has 0 aromatic carbocycles. The van der Waals surface area contributed by atoms with Crippen molar-refractivity contribution in [1.82, 2.24) is 0 Å². The fourth-order valence-corrected chi connectivity index (χ4v) is 0. The molecule has 0 fully saturated rings. The van der Waals surface area contributed by atoms with Crippen LogP contribution in [0.15, 0.2) is 0 Å². The SMILES string of the molecule is [Ge].[Ge].[Ge].[Ge].[Ge].[Ge].[Ge]. The molecular weight excluding hydrogens is 508 g/mol. The van der Waals surface area contributed by atoms with Crippen LogP contribution in [-0.2, 0) is 0 Å². The molecule has 0 aromatic heterocycles. The zero-order valence-corrected chi connectivity index (χ0v) is 18.2. The molecule has 0 unspecified atom stereocenters. The van der Waals surface area contributed by atoms with E-state index >= 15 is 0 Å². The largest absolute Gasteiger partial charge is 0 e. The minimum Gasteiger partial charge on any atom is 0 e. The third-order valence-corrected chi connectivity index (χ3v) is 0. The van der Waals surface area contributed by atoms with Gasteiger partial charge in [0, 0.05) is 123 Å². The fraction of sp³-hybridized carbons (Fsp3) is 0. The topological polar surface area (TPSA) is 0 Å². The third-order valence-electron chi connectivity index (χ3n) is 0. The van der Waals surface area contributed by atoms with Crippen molar-refractivity contribution in [3.05, 3.63) is 0 Å². The smallest absolute Gasteiger partial charge is 0 e. The second-order valence-electron chi connectivity index (χ2n) is 0. The van der Waals surface area contributed by atoms with Crippen LogP contribution < -0.4 is 0 Å². The van der Waals surface area contributed by atoms with E-state index in [1.807, 2.05) is 0 Å². The quantitative estimate of drug-likeness (QED) is 0.314. The summed E-state index contributed by atoms with van der Waals surface area (Å²) in [6, 6.07) is 0. The maximum atomic E-state index is 0. The van der Waals surface area contributed by atoms with Crippen LogP contribution in [0.4, 0.5) is 0 Å². The molecule has 0 rings (SSSR count). The van der Waals surface area contributed by atoms with E-state index in [-0.39, 0.29) is 123 Å². The zero-order chi connectivity index (χ0) is 0. The Morgan fingerprint density at radius 1 is 0.143 bits per heavy atom. The van der Waals surface area contributed by atoms with Gasteiger partial charge in [0.25, 0.3) is 0 Å². The van der Waals surface area contributed by atoms with Crippen LogP contribution in [0.3, 0.4) is 0 Å². The minimum absolute atomic E-state index is 0. The summed E-state index contributed by atoms with van der Waals surface area (Å²) in [5.41, 5.74) is 0. The van der Waals surface area contributed by atoms with Crippen LogP contribution in [-0.4, -0.2) is 123 Å². The molecule has 28 radical (unpaired) electrons. The van der Waals surface area contributed by atoms with E-state index in [0.29, 0.717) is 0 Å². The van der Waals surface area contributed by atoms with E-state index < -0.39 is 0 Å². The molecule has 0 aromatic rings. The van der Waals surface area contributed by atoms with Crippen molar-refractivity contribution in [3.63, 3.8) is 0 Å². The molecule has 0 N–H and O–H groups in total. The van der Waals surface area contributed by atoms with E-state index in [2.05, 4.69) is 0 Å². The van der Waals surface area contributed by atoms with E-state index in [0.717, 1.165) is 0 Å². The van der Waals surface area contributed by atoms with Gasteiger partial charge in [-0.1, -0.05) is 0 Å². The molecule has 0 atom stereocenters. The first-order chi connectivity index (χ1) is 0. The summed E-state index contributed by atoms with van der Waals surface area (Å²) in [7, 11) is 0. The van der Waals surface area contributed by atoms with Crippen molar-refractivity contribution in [3.8, 4) is 0 Å². The molecule has 0 aliphatic heterocycles. The van der Waals surface area contributed by atoms with Gasteiger partial charge in [0.05, 0.1) is 0 Å². The van der Waals surface area contributed by atoms with Gasteiger partial charge in [-0.3, -0.25) is 0 Å². The molecule has 0 aliphatic rings. The summed E-state index contributed by atoms with van der Waals surface area (Å²) in [4.78, 5) is 0. The molecule has 28 valence electrons. The number of hydrogen-bond acceptors (Lipinski definition) is 0. The molecule has 0 saturated heterocycles. The summed E-state index contributed by atoms with van der Waals surface area (Å²) in [6.45, 7) is 0. The Bertz CT molecular complexity index is 0. The van der Waals surface area contributed by atoms with Gasteiger partial charge in [-0.05, 0) is 0 Å². The second kappa shape index (κ2) is 52.6. The normalized spacial score (nSPS) is 0. The predicted octanol–water partition coefficient (Wildman–Crippen LogP) is -2.67. The average molecular weight is 508 g/mol. The van der Waals surface area contributed by atoms with Crippen molar-refractivity contribution >= 4 is 123 Å². The van der Waals surface area contributed by atoms with Gasteiger partial charge >= 0.3 is 0 Å². The van der Waals surface area contributed by atoms with Crippen LogP contribution in [0.2, 0.25) is 0 Å². The van der Waals surface area contributed by atoms with Gasteiger partial charge in [-0.15, -0.1) is 0 Å². The summed E-state index contributed by atoms with van der Waals surface area (Å²) >= 11 is 0. The standard InChI is InChI=1S/7Ge. The predicted molar refractivity (Wildman–Crippen MR) is 40.3 cm³/mol. The van der Waals surface area contributed by atoms with Crippen molar-refractivity contribution in [1.29, 1.82) is 0 Å². The monoisotopic (exact) mass is 517 g/mol. The van der Waals surface area contributed by atoms with Crippen LogP contribution in [0.1, 0.15) is 0 Å². The number of hydrogen-bond donors (Lipinski definition) is 0. The molecule has 7 heteroatoms. The molecule has 7 heavy (non-hydrogen) atoms. The van der Waals surface area contributed by atoms with Crippen molar-refractivity contribution < 1.29 is 0 Å². The Morgan fingerprint density at radius 3 is 0.143 bits per heavy atom. The van der Waals surface area contributed by atoms with E-state index in [9.17, 15) is 0 Å². The van der Waals surface area contributed by atoms with Gasteiger partial charge in [-0.25, -0.2) is 0 Å². The Morgan fingerprint density at radius 2 is 0.143 bits per heavy atom. The average Bonchev–Trinajstić information content (AvgIpc) is 0. The van der Waals surface area contributed by atoms with E-state index in [4.69, 9.17) is 0 Å². The molecule has 0 saturated carbocycles. The van der Waals surface area contributed by atoms with Crippen LogP contribution in [0.25, 0.3) is 0 Å². The maximum absolute atomic E-state index is 0. The first-order valence-electron chi connectivity index (χ1n) is 0. The summed E-state index contributed by atoms with van der Waals surface area (Å²) < 4.78 is 0. The van der Waals surface area contributed by atoms with Crippen molar-refractivity contribution in [2.75, 3.05) is 0 Å². The van der Waals surface area contributed by atoms with Crippen molar-refractivity contribution in [2.24, 2.45) is 0 Å². The Labute approximate surface area is 121 Å². The Hall–Kier alpha value is 3.80. The van der Waals surface area contributed by atoms with Gasteiger partial charge < -0.3 is 0 Å². The Kier molecular flexibility index (Phi) is 539. The molecule has 0 amide bonds. The maximum Gasteiger partial charge on any atom is 0 e. The third kappa shape index (κ3) is 41.3.